The molecule has 0 saturated heterocycles. The van der Waals surface area contributed by atoms with Crippen molar-refractivity contribution in [2.45, 2.75) is 13.0 Å². The molecule has 0 fully saturated rings. The number of carbonyl (C=O) groups is 1. The van der Waals surface area contributed by atoms with Gasteiger partial charge >= 0.3 is 0 Å². The molecule has 0 heterocycles. The number of anilines is 1. The predicted octanol–water partition coefficient (Wildman–Crippen LogP) is 2.60. The van der Waals surface area contributed by atoms with E-state index in [9.17, 15) is 9.90 Å². The van der Waals surface area contributed by atoms with Crippen molar-refractivity contribution in [3.8, 4) is 0 Å². The van der Waals surface area contributed by atoms with Crippen LogP contribution in [0.2, 0.25) is 5.02 Å². The predicted molar refractivity (Wildman–Crippen MR) is 89.0 cm³/mol. The van der Waals surface area contributed by atoms with E-state index in [0.29, 0.717) is 11.6 Å². The Morgan fingerprint density at radius 1 is 1.09 bits per heavy atom. The highest BCUT2D eigenvalue weighted by Gasteiger charge is 2.04. The molecule has 2 aromatic rings. The van der Waals surface area contributed by atoms with Crippen LogP contribution in [0.15, 0.2) is 48.5 Å². The van der Waals surface area contributed by atoms with Crippen molar-refractivity contribution in [1.29, 1.82) is 0 Å². The summed E-state index contributed by atoms with van der Waals surface area (Å²) in [6.45, 7) is 0.697. The Bertz CT molecular complexity index is 614. The van der Waals surface area contributed by atoms with E-state index in [-0.39, 0.29) is 19.1 Å². The Morgan fingerprint density at radius 3 is 2.55 bits per heavy atom. The summed E-state index contributed by atoms with van der Waals surface area (Å²) in [5, 5.41) is 15.8. The van der Waals surface area contributed by atoms with Crippen LogP contribution in [0, 0.1) is 0 Å². The Hall–Kier alpha value is -2.04. The fraction of sp³-hybridized carbons (Fsp3) is 0.235. The first-order valence-electron chi connectivity index (χ1n) is 7.13. The number of halogens is 1. The third kappa shape index (κ3) is 5.06. The zero-order valence-electron chi connectivity index (χ0n) is 12.2. The summed E-state index contributed by atoms with van der Waals surface area (Å²) in [4.78, 5) is 11.8. The second kappa shape index (κ2) is 8.41. The van der Waals surface area contributed by atoms with Gasteiger partial charge in [0.25, 0.3) is 0 Å². The zero-order valence-corrected chi connectivity index (χ0v) is 12.9. The first-order chi connectivity index (χ1) is 10.7. The molecule has 22 heavy (non-hydrogen) atoms. The Morgan fingerprint density at radius 2 is 1.82 bits per heavy atom. The molecule has 0 bridgehead atoms. The van der Waals surface area contributed by atoms with Crippen molar-refractivity contribution < 1.29 is 9.90 Å². The maximum absolute atomic E-state index is 11.8. The molecule has 1 amide bonds. The SMILES string of the molecule is O=C(CNc1ccccc1CO)NCCc1ccc(Cl)cc1. The van der Waals surface area contributed by atoms with Gasteiger partial charge in [0.05, 0.1) is 13.2 Å². The van der Waals surface area contributed by atoms with Gasteiger partial charge in [-0.2, -0.15) is 0 Å². The van der Waals surface area contributed by atoms with Crippen molar-refractivity contribution in [2.24, 2.45) is 0 Å². The van der Waals surface area contributed by atoms with Gasteiger partial charge in [0.1, 0.15) is 0 Å². The molecule has 0 spiro atoms. The van der Waals surface area contributed by atoms with Crippen LogP contribution >= 0.6 is 11.6 Å². The zero-order chi connectivity index (χ0) is 15.8. The van der Waals surface area contributed by atoms with Crippen LogP contribution in [0.25, 0.3) is 0 Å². The van der Waals surface area contributed by atoms with Crippen molar-refractivity contribution in [1.82, 2.24) is 5.32 Å². The van der Waals surface area contributed by atoms with Crippen LogP contribution < -0.4 is 10.6 Å². The van der Waals surface area contributed by atoms with Gasteiger partial charge in [-0.3, -0.25) is 4.79 Å². The number of benzene rings is 2. The van der Waals surface area contributed by atoms with Crippen LogP contribution in [0.3, 0.4) is 0 Å². The lowest BCUT2D eigenvalue weighted by Crippen LogP contribution is -2.31. The first-order valence-corrected chi connectivity index (χ1v) is 7.50. The summed E-state index contributed by atoms with van der Waals surface area (Å²) in [5.41, 5.74) is 2.68. The lowest BCUT2D eigenvalue weighted by Gasteiger charge is -2.10. The maximum Gasteiger partial charge on any atom is 0.239 e. The molecule has 0 aromatic heterocycles. The molecule has 116 valence electrons. The van der Waals surface area contributed by atoms with E-state index in [1.54, 1.807) is 0 Å². The highest BCUT2D eigenvalue weighted by atomic mass is 35.5. The fourth-order valence-electron chi connectivity index (χ4n) is 2.07. The van der Waals surface area contributed by atoms with Crippen LogP contribution in [-0.2, 0) is 17.8 Å². The third-order valence-corrected chi connectivity index (χ3v) is 3.53. The molecule has 0 radical (unpaired) electrons. The quantitative estimate of drug-likeness (QED) is 0.735. The van der Waals surface area contributed by atoms with E-state index < -0.39 is 0 Å². The van der Waals surface area contributed by atoms with Crippen molar-refractivity contribution in [3.63, 3.8) is 0 Å². The number of hydrogen-bond donors (Lipinski definition) is 3. The minimum Gasteiger partial charge on any atom is -0.392 e. The second-order valence-corrected chi connectivity index (χ2v) is 5.33. The highest BCUT2D eigenvalue weighted by molar-refractivity contribution is 6.30. The van der Waals surface area contributed by atoms with Crippen LogP contribution in [0.1, 0.15) is 11.1 Å². The molecule has 0 atom stereocenters. The first kappa shape index (κ1) is 16.3. The van der Waals surface area contributed by atoms with E-state index in [4.69, 9.17) is 11.6 Å². The number of aliphatic hydroxyl groups is 1. The average molecular weight is 319 g/mol. The molecule has 0 aliphatic rings. The summed E-state index contributed by atoms with van der Waals surface area (Å²) in [5.74, 6) is -0.0818. The van der Waals surface area contributed by atoms with E-state index in [2.05, 4.69) is 10.6 Å². The van der Waals surface area contributed by atoms with E-state index in [1.807, 2.05) is 48.5 Å². The fourth-order valence-corrected chi connectivity index (χ4v) is 2.19. The van der Waals surface area contributed by atoms with Crippen LogP contribution in [0.4, 0.5) is 5.69 Å². The molecule has 0 aliphatic carbocycles. The number of rotatable bonds is 7. The van der Waals surface area contributed by atoms with Gasteiger partial charge in [0.15, 0.2) is 0 Å². The topological polar surface area (TPSA) is 61.4 Å². The van der Waals surface area contributed by atoms with Gasteiger partial charge < -0.3 is 15.7 Å². The highest BCUT2D eigenvalue weighted by Crippen LogP contribution is 2.14. The number of aliphatic hydroxyl groups excluding tert-OH is 1. The number of hydrogen-bond acceptors (Lipinski definition) is 3. The summed E-state index contributed by atoms with van der Waals surface area (Å²) in [6, 6.07) is 14.9. The molecular formula is C17H19ClN2O2. The normalized spacial score (nSPS) is 10.3. The Labute approximate surface area is 135 Å². The van der Waals surface area contributed by atoms with Crippen LogP contribution in [-0.4, -0.2) is 24.1 Å². The number of carbonyl (C=O) groups excluding carboxylic acids is 1. The van der Waals surface area contributed by atoms with Gasteiger partial charge in [-0.1, -0.05) is 41.9 Å². The van der Waals surface area contributed by atoms with Gasteiger partial charge in [-0.15, -0.1) is 0 Å². The minimum absolute atomic E-state index is 0.0542. The number of amides is 1. The average Bonchev–Trinajstić information content (AvgIpc) is 2.55. The smallest absolute Gasteiger partial charge is 0.239 e. The van der Waals surface area contributed by atoms with E-state index in [0.717, 1.165) is 23.2 Å². The molecule has 5 heteroatoms. The largest absolute Gasteiger partial charge is 0.392 e. The van der Waals surface area contributed by atoms with Gasteiger partial charge in [-0.05, 0) is 30.2 Å². The summed E-state index contributed by atoms with van der Waals surface area (Å²) in [6.07, 6.45) is 0.760. The molecule has 2 rings (SSSR count). The van der Waals surface area contributed by atoms with Crippen molar-refractivity contribution in [3.05, 3.63) is 64.7 Å². The maximum atomic E-state index is 11.8. The number of para-hydroxylation sites is 1. The van der Waals surface area contributed by atoms with Gasteiger partial charge in [0, 0.05) is 22.8 Å². The van der Waals surface area contributed by atoms with Gasteiger partial charge in [-0.25, -0.2) is 0 Å². The molecule has 0 saturated carbocycles. The molecule has 0 unspecified atom stereocenters. The molecule has 0 aliphatic heterocycles. The van der Waals surface area contributed by atoms with Crippen LogP contribution in [0.5, 0.6) is 0 Å². The number of nitrogens with one attached hydrogen (secondary N) is 2. The monoisotopic (exact) mass is 318 g/mol. The van der Waals surface area contributed by atoms with Crippen molar-refractivity contribution >= 4 is 23.2 Å². The third-order valence-electron chi connectivity index (χ3n) is 3.28. The van der Waals surface area contributed by atoms with E-state index in [1.165, 1.54) is 0 Å². The molecule has 2 aromatic carbocycles. The molecular weight excluding hydrogens is 300 g/mol. The van der Waals surface area contributed by atoms with E-state index >= 15 is 0 Å². The Kier molecular flexibility index (Phi) is 6.25. The lowest BCUT2D eigenvalue weighted by atomic mass is 10.1. The summed E-state index contributed by atoms with van der Waals surface area (Å²) >= 11 is 5.82. The summed E-state index contributed by atoms with van der Waals surface area (Å²) < 4.78 is 0. The molecule has 3 N–H and O–H groups in total. The Balaban J connectivity index is 1.73. The lowest BCUT2D eigenvalue weighted by molar-refractivity contribution is -0.119. The molecule has 4 nitrogen and oxygen atoms in total. The van der Waals surface area contributed by atoms with Gasteiger partial charge in [0.2, 0.25) is 5.91 Å². The summed E-state index contributed by atoms with van der Waals surface area (Å²) in [7, 11) is 0. The second-order valence-electron chi connectivity index (χ2n) is 4.90. The standard InChI is InChI=1S/C17H19ClN2O2/c18-15-7-5-13(6-8-15)9-10-19-17(22)11-20-16-4-2-1-3-14(16)12-21/h1-8,20-21H,9-12H2,(H,19,22). The van der Waals surface area contributed by atoms with Crippen molar-refractivity contribution in [2.75, 3.05) is 18.4 Å². The minimum atomic E-state index is -0.0818.